The Morgan fingerprint density at radius 3 is 2.62 bits per heavy atom. The van der Waals surface area contributed by atoms with Gasteiger partial charge >= 0.3 is 6.18 Å². The van der Waals surface area contributed by atoms with E-state index in [0.717, 1.165) is 34.7 Å². The number of aryl methyl sites for hydroxylation is 1. The van der Waals surface area contributed by atoms with Crippen LogP contribution in [0, 0.1) is 6.92 Å². The Kier molecular flexibility index (Phi) is 6.14. The van der Waals surface area contributed by atoms with E-state index < -0.39 is 36.5 Å². The van der Waals surface area contributed by atoms with E-state index >= 15 is 0 Å². The predicted octanol–water partition coefficient (Wildman–Crippen LogP) is 4.15. The van der Waals surface area contributed by atoms with Gasteiger partial charge in [-0.25, -0.2) is 0 Å². The van der Waals surface area contributed by atoms with Crippen LogP contribution in [0.3, 0.4) is 0 Å². The molecule has 6 nitrogen and oxygen atoms in total. The van der Waals surface area contributed by atoms with Crippen LogP contribution in [0.25, 0.3) is 0 Å². The molecule has 1 aromatic heterocycles. The van der Waals surface area contributed by atoms with Crippen LogP contribution in [-0.4, -0.2) is 62.4 Å². The van der Waals surface area contributed by atoms with Gasteiger partial charge in [0.2, 0.25) is 5.91 Å². The molecular formula is C24H28ClF3N4O2. The number of hydrogen-bond acceptors (Lipinski definition) is 4. The van der Waals surface area contributed by atoms with Crippen molar-refractivity contribution in [2.75, 3.05) is 19.6 Å². The molecule has 3 heterocycles. The van der Waals surface area contributed by atoms with E-state index in [4.69, 9.17) is 11.6 Å². The van der Waals surface area contributed by atoms with E-state index in [1.807, 2.05) is 25.1 Å². The first-order valence-corrected chi connectivity index (χ1v) is 12.1. The van der Waals surface area contributed by atoms with Gasteiger partial charge in [-0.05, 0) is 49.8 Å². The number of likely N-dealkylation sites (tertiary alicyclic amines) is 2. The molecule has 3 atom stereocenters. The standard InChI is InChI=1S/C24H28ClF3N4O2/c1-14-3-2-4-17(22(14)25)23-19(30-9-7-16(33)12-30)8-10-31(23)21(34)13-32-20(24(26,27)28)11-18(29-32)15-5-6-15/h2-4,11,15-16,19,23,33H,5-10,12-13H2,1H3/t16-,19-,23-/m1/s1. The first-order valence-electron chi connectivity index (χ1n) is 11.7. The minimum atomic E-state index is -4.58. The molecule has 1 N–H and O–H groups in total. The molecule has 0 bridgehead atoms. The Hall–Kier alpha value is -2.10. The first kappa shape index (κ1) is 23.6. The average molecular weight is 497 g/mol. The summed E-state index contributed by atoms with van der Waals surface area (Å²) >= 11 is 6.66. The molecule has 3 aliphatic rings. The largest absolute Gasteiger partial charge is 0.433 e. The number of carbonyl (C=O) groups is 1. The SMILES string of the molecule is Cc1cccc([C@@H]2[C@H](N3CC[C@@H](O)C3)CCN2C(=O)Cn2nc(C3CC3)cc2C(F)(F)F)c1Cl. The van der Waals surface area contributed by atoms with E-state index in [-0.39, 0.29) is 12.0 Å². The quantitative estimate of drug-likeness (QED) is 0.675. The fourth-order valence-corrected chi connectivity index (χ4v) is 5.60. The summed E-state index contributed by atoms with van der Waals surface area (Å²) in [6.45, 7) is 3.03. The molecular weight excluding hydrogens is 469 g/mol. The maximum Gasteiger partial charge on any atom is 0.433 e. The summed E-state index contributed by atoms with van der Waals surface area (Å²) in [6, 6.07) is 6.26. The van der Waals surface area contributed by atoms with E-state index in [1.54, 1.807) is 4.90 Å². The minimum absolute atomic E-state index is 0.0501. The van der Waals surface area contributed by atoms with Crippen molar-refractivity contribution in [1.29, 1.82) is 0 Å². The number of halogens is 4. The molecule has 184 valence electrons. The van der Waals surface area contributed by atoms with Gasteiger partial charge in [-0.2, -0.15) is 18.3 Å². The second kappa shape index (κ2) is 8.84. The number of carbonyl (C=O) groups excluding carboxylic acids is 1. The van der Waals surface area contributed by atoms with E-state index in [9.17, 15) is 23.1 Å². The van der Waals surface area contributed by atoms with Crippen molar-refractivity contribution in [3.05, 3.63) is 51.8 Å². The number of β-amino-alcohol motifs (C(OH)–C–C–N with tert-alkyl or cyclic N) is 1. The van der Waals surface area contributed by atoms with Gasteiger partial charge in [-0.1, -0.05) is 29.8 Å². The average Bonchev–Trinajstić information content (AvgIpc) is 3.17. The van der Waals surface area contributed by atoms with Gasteiger partial charge in [0.05, 0.1) is 17.8 Å². The molecule has 0 radical (unpaired) electrons. The van der Waals surface area contributed by atoms with Crippen molar-refractivity contribution in [3.8, 4) is 0 Å². The molecule has 1 amide bonds. The second-order valence-electron chi connectivity index (χ2n) is 9.69. The van der Waals surface area contributed by atoms with Crippen molar-refractivity contribution in [3.63, 3.8) is 0 Å². The highest BCUT2D eigenvalue weighted by molar-refractivity contribution is 6.32. The first-order chi connectivity index (χ1) is 16.1. The number of hydrogen-bond donors (Lipinski definition) is 1. The summed E-state index contributed by atoms with van der Waals surface area (Å²) in [6.07, 6.45) is -2.04. The number of aliphatic hydroxyl groups excluding tert-OH is 1. The molecule has 10 heteroatoms. The number of alkyl halides is 3. The zero-order chi connectivity index (χ0) is 24.2. The van der Waals surface area contributed by atoms with Crippen LogP contribution < -0.4 is 0 Å². The highest BCUT2D eigenvalue weighted by atomic mass is 35.5. The summed E-state index contributed by atoms with van der Waals surface area (Å²) < 4.78 is 41.9. The van der Waals surface area contributed by atoms with Crippen LogP contribution in [0.5, 0.6) is 0 Å². The topological polar surface area (TPSA) is 61.6 Å². The maximum absolute atomic E-state index is 13.7. The fraction of sp³-hybridized carbons (Fsp3) is 0.583. The smallest absolute Gasteiger partial charge is 0.392 e. The lowest BCUT2D eigenvalue weighted by atomic mass is 9.97. The van der Waals surface area contributed by atoms with Gasteiger partial charge in [0, 0.05) is 36.6 Å². The number of amides is 1. The zero-order valence-electron chi connectivity index (χ0n) is 18.9. The lowest BCUT2D eigenvalue weighted by Gasteiger charge is -2.34. The third kappa shape index (κ3) is 4.45. The molecule has 0 spiro atoms. The molecule has 2 aromatic rings. The highest BCUT2D eigenvalue weighted by Gasteiger charge is 2.45. The maximum atomic E-state index is 13.7. The zero-order valence-corrected chi connectivity index (χ0v) is 19.7. The minimum Gasteiger partial charge on any atom is -0.392 e. The Morgan fingerprint density at radius 1 is 1.21 bits per heavy atom. The van der Waals surface area contributed by atoms with Gasteiger partial charge in [0.1, 0.15) is 12.2 Å². The van der Waals surface area contributed by atoms with Crippen LogP contribution in [0.1, 0.15) is 60.2 Å². The Balaban J connectivity index is 1.46. The van der Waals surface area contributed by atoms with Crippen molar-refractivity contribution in [1.82, 2.24) is 19.6 Å². The summed E-state index contributed by atoms with van der Waals surface area (Å²) in [7, 11) is 0. The van der Waals surface area contributed by atoms with E-state index in [1.165, 1.54) is 0 Å². The Bertz CT molecular complexity index is 1080. The van der Waals surface area contributed by atoms with Crippen molar-refractivity contribution < 1.29 is 23.1 Å². The van der Waals surface area contributed by atoms with E-state index in [0.29, 0.717) is 43.2 Å². The number of aliphatic hydroxyl groups is 1. The highest BCUT2D eigenvalue weighted by Crippen LogP contribution is 2.43. The summed E-state index contributed by atoms with van der Waals surface area (Å²) in [5.41, 5.74) is 1.18. The molecule has 1 aromatic carbocycles. The third-order valence-corrected chi connectivity index (χ3v) is 7.78. The van der Waals surface area contributed by atoms with Crippen LogP contribution in [-0.2, 0) is 17.5 Å². The normalized spacial score (nSPS) is 25.9. The molecule has 1 saturated carbocycles. The van der Waals surface area contributed by atoms with Gasteiger partial charge < -0.3 is 10.0 Å². The fourth-order valence-electron chi connectivity index (χ4n) is 5.36. The monoisotopic (exact) mass is 496 g/mol. The molecule has 2 saturated heterocycles. The number of nitrogens with zero attached hydrogens (tertiary/aromatic N) is 4. The molecule has 5 rings (SSSR count). The van der Waals surface area contributed by atoms with Crippen molar-refractivity contribution in [2.24, 2.45) is 0 Å². The van der Waals surface area contributed by atoms with Gasteiger partial charge in [-0.3, -0.25) is 14.4 Å². The summed E-state index contributed by atoms with van der Waals surface area (Å²) in [5, 5.41) is 14.8. The number of rotatable bonds is 5. The molecule has 2 aliphatic heterocycles. The number of benzene rings is 1. The van der Waals surface area contributed by atoms with Crippen LogP contribution >= 0.6 is 11.6 Å². The lowest BCUT2D eigenvalue weighted by Crippen LogP contribution is -2.42. The number of aromatic nitrogens is 2. The molecule has 1 aliphatic carbocycles. The van der Waals surface area contributed by atoms with Crippen LogP contribution in [0.2, 0.25) is 5.02 Å². The summed E-state index contributed by atoms with van der Waals surface area (Å²) in [5.74, 6) is -0.366. The molecule has 0 unspecified atom stereocenters. The summed E-state index contributed by atoms with van der Waals surface area (Å²) in [4.78, 5) is 17.3. The molecule has 34 heavy (non-hydrogen) atoms. The molecule has 3 fully saturated rings. The van der Waals surface area contributed by atoms with Crippen LogP contribution in [0.4, 0.5) is 13.2 Å². The van der Waals surface area contributed by atoms with E-state index in [2.05, 4.69) is 10.00 Å². The van der Waals surface area contributed by atoms with Gasteiger partial charge in [0.15, 0.2) is 0 Å². The second-order valence-corrected chi connectivity index (χ2v) is 10.1. The van der Waals surface area contributed by atoms with Crippen molar-refractivity contribution >= 4 is 17.5 Å². The predicted molar refractivity (Wildman–Crippen MR) is 120 cm³/mol. The van der Waals surface area contributed by atoms with Crippen LogP contribution in [0.15, 0.2) is 24.3 Å². The lowest BCUT2D eigenvalue weighted by molar-refractivity contribution is -0.146. The Labute approximate surface area is 201 Å². The van der Waals surface area contributed by atoms with Gasteiger partial charge in [-0.15, -0.1) is 0 Å². The Morgan fingerprint density at radius 2 is 1.97 bits per heavy atom. The van der Waals surface area contributed by atoms with Crippen molar-refractivity contribution in [2.45, 2.75) is 69.4 Å². The van der Waals surface area contributed by atoms with Gasteiger partial charge in [0.25, 0.3) is 0 Å². The third-order valence-electron chi connectivity index (χ3n) is 7.26.